The standard InChI is InChI=1S/C15H16FNO2/c16-15-7-14(6-5-13(15)8-17)19-10-12-3-1-11(9-18)2-4-12/h1-7,18H,8-10,17H2. The van der Waals surface area contributed by atoms with E-state index in [-0.39, 0.29) is 19.0 Å². The number of hydrogen-bond donors (Lipinski definition) is 2. The summed E-state index contributed by atoms with van der Waals surface area (Å²) in [5, 5.41) is 8.93. The predicted molar refractivity (Wildman–Crippen MR) is 71.0 cm³/mol. The molecule has 0 saturated heterocycles. The van der Waals surface area contributed by atoms with Crippen molar-refractivity contribution < 1.29 is 14.2 Å². The summed E-state index contributed by atoms with van der Waals surface area (Å²) >= 11 is 0. The molecule has 19 heavy (non-hydrogen) atoms. The lowest BCUT2D eigenvalue weighted by Crippen LogP contribution is -2.01. The number of aliphatic hydroxyl groups is 1. The third kappa shape index (κ3) is 3.53. The number of benzene rings is 2. The maximum Gasteiger partial charge on any atom is 0.131 e. The van der Waals surface area contributed by atoms with Gasteiger partial charge in [-0.3, -0.25) is 0 Å². The lowest BCUT2D eigenvalue weighted by Gasteiger charge is -2.08. The molecule has 0 radical (unpaired) electrons. The highest BCUT2D eigenvalue weighted by atomic mass is 19.1. The molecule has 0 heterocycles. The van der Waals surface area contributed by atoms with Crippen molar-refractivity contribution in [1.82, 2.24) is 0 Å². The molecule has 0 aromatic heterocycles. The number of ether oxygens (including phenoxy) is 1. The van der Waals surface area contributed by atoms with Gasteiger partial charge >= 0.3 is 0 Å². The molecule has 0 aliphatic heterocycles. The quantitative estimate of drug-likeness (QED) is 0.868. The van der Waals surface area contributed by atoms with Crippen LogP contribution in [-0.2, 0) is 19.8 Å². The fourth-order valence-electron chi connectivity index (χ4n) is 1.69. The lowest BCUT2D eigenvalue weighted by molar-refractivity contribution is 0.281. The van der Waals surface area contributed by atoms with E-state index < -0.39 is 0 Å². The van der Waals surface area contributed by atoms with E-state index in [1.54, 1.807) is 12.1 Å². The topological polar surface area (TPSA) is 55.5 Å². The van der Waals surface area contributed by atoms with E-state index in [0.717, 1.165) is 11.1 Å². The molecule has 2 aromatic carbocycles. The Labute approximate surface area is 111 Å². The minimum atomic E-state index is -0.351. The molecule has 0 aliphatic rings. The zero-order chi connectivity index (χ0) is 13.7. The summed E-state index contributed by atoms with van der Waals surface area (Å²) in [7, 11) is 0. The maximum absolute atomic E-state index is 13.5. The largest absolute Gasteiger partial charge is 0.489 e. The van der Waals surface area contributed by atoms with Crippen LogP contribution in [0.25, 0.3) is 0 Å². The number of nitrogens with two attached hydrogens (primary N) is 1. The van der Waals surface area contributed by atoms with E-state index in [1.165, 1.54) is 6.07 Å². The van der Waals surface area contributed by atoms with Crippen LogP contribution in [0.5, 0.6) is 5.75 Å². The monoisotopic (exact) mass is 261 g/mol. The van der Waals surface area contributed by atoms with Gasteiger partial charge in [0.15, 0.2) is 0 Å². The van der Waals surface area contributed by atoms with Gasteiger partial charge in [0.05, 0.1) is 6.61 Å². The van der Waals surface area contributed by atoms with Gasteiger partial charge in [-0.2, -0.15) is 0 Å². The van der Waals surface area contributed by atoms with E-state index in [1.807, 2.05) is 24.3 Å². The van der Waals surface area contributed by atoms with Crippen LogP contribution in [0.4, 0.5) is 4.39 Å². The van der Waals surface area contributed by atoms with Gasteiger partial charge in [0.1, 0.15) is 18.2 Å². The van der Waals surface area contributed by atoms with Crippen molar-refractivity contribution in [3.63, 3.8) is 0 Å². The van der Waals surface area contributed by atoms with Gasteiger partial charge in [-0.15, -0.1) is 0 Å². The molecule has 0 bridgehead atoms. The SMILES string of the molecule is NCc1ccc(OCc2ccc(CO)cc2)cc1F. The first kappa shape index (κ1) is 13.5. The number of rotatable bonds is 5. The molecular formula is C15H16FNO2. The van der Waals surface area contributed by atoms with Crippen molar-refractivity contribution in [3.8, 4) is 5.75 Å². The molecular weight excluding hydrogens is 245 g/mol. The average molecular weight is 261 g/mol. The Bertz CT molecular complexity index is 540. The molecule has 2 rings (SSSR count). The Morgan fingerprint density at radius 3 is 2.32 bits per heavy atom. The van der Waals surface area contributed by atoms with Crippen molar-refractivity contribution in [3.05, 3.63) is 65.0 Å². The first-order valence-corrected chi connectivity index (χ1v) is 6.03. The van der Waals surface area contributed by atoms with Crippen molar-refractivity contribution in [1.29, 1.82) is 0 Å². The van der Waals surface area contributed by atoms with Crippen LogP contribution in [0.2, 0.25) is 0 Å². The summed E-state index contributed by atoms with van der Waals surface area (Å²) < 4.78 is 19.0. The second-order valence-electron chi connectivity index (χ2n) is 4.22. The first-order chi connectivity index (χ1) is 9.22. The van der Waals surface area contributed by atoms with Crippen molar-refractivity contribution in [2.24, 2.45) is 5.73 Å². The Balaban J connectivity index is 1.99. The number of aliphatic hydroxyl groups excluding tert-OH is 1. The third-order valence-electron chi connectivity index (χ3n) is 2.86. The van der Waals surface area contributed by atoms with Gasteiger partial charge < -0.3 is 15.6 Å². The summed E-state index contributed by atoms with van der Waals surface area (Å²) in [6.07, 6.45) is 0. The van der Waals surface area contributed by atoms with Crippen molar-refractivity contribution >= 4 is 0 Å². The van der Waals surface area contributed by atoms with E-state index in [0.29, 0.717) is 17.9 Å². The second kappa shape index (κ2) is 6.31. The molecule has 0 aliphatic carbocycles. The van der Waals surface area contributed by atoms with Crippen LogP contribution in [0.3, 0.4) is 0 Å². The van der Waals surface area contributed by atoms with Crippen LogP contribution in [-0.4, -0.2) is 5.11 Å². The molecule has 0 atom stereocenters. The van der Waals surface area contributed by atoms with Crippen LogP contribution in [0.15, 0.2) is 42.5 Å². The highest BCUT2D eigenvalue weighted by Crippen LogP contribution is 2.17. The minimum absolute atomic E-state index is 0.0207. The Kier molecular flexibility index (Phi) is 4.49. The van der Waals surface area contributed by atoms with Gasteiger partial charge in [-0.1, -0.05) is 30.3 Å². The van der Waals surface area contributed by atoms with Gasteiger partial charge in [-0.05, 0) is 17.2 Å². The van der Waals surface area contributed by atoms with E-state index in [2.05, 4.69) is 0 Å². The Hall–Kier alpha value is -1.91. The normalized spacial score (nSPS) is 10.5. The van der Waals surface area contributed by atoms with Gasteiger partial charge in [-0.25, -0.2) is 4.39 Å². The minimum Gasteiger partial charge on any atom is -0.489 e. The molecule has 0 spiro atoms. The van der Waals surface area contributed by atoms with Crippen LogP contribution < -0.4 is 10.5 Å². The smallest absolute Gasteiger partial charge is 0.131 e. The second-order valence-corrected chi connectivity index (χ2v) is 4.22. The van der Waals surface area contributed by atoms with E-state index in [4.69, 9.17) is 15.6 Å². The third-order valence-corrected chi connectivity index (χ3v) is 2.86. The van der Waals surface area contributed by atoms with Gasteiger partial charge in [0.25, 0.3) is 0 Å². The van der Waals surface area contributed by atoms with Crippen molar-refractivity contribution in [2.45, 2.75) is 19.8 Å². The van der Waals surface area contributed by atoms with E-state index in [9.17, 15) is 4.39 Å². The number of hydrogen-bond acceptors (Lipinski definition) is 3. The Morgan fingerprint density at radius 1 is 1.05 bits per heavy atom. The molecule has 0 unspecified atom stereocenters. The molecule has 3 N–H and O–H groups in total. The summed E-state index contributed by atoms with van der Waals surface area (Å²) in [4.78, 5) is 0. The van der Waals surface area contributed by atoms with Crippen molar-refractivity contribution in [2.75, 3.05) is 0 Å². The molecule has 100 valence electrons. The molecule has 2 aromatic rings. The summed E-state index contributed by atoms with van der Waals surface area (Å²) in [6.45, 7) is 0.550. The average Bonchev–Trinajstić information content (AvgIpc) is 2.46. The van der Waals surface area contributed by atoms with Crippen LogP contribution in [0.1, 0.15) is 16.7 Å². The summed E-state index contributed by atoms with van der Waals surface area (Å²) in [5.74, 6) is 0.122. The fourth-order valence-corrected chi connectivity index (χ4v) is 1.69. The molecule has 4 heteroatoms. The van der Waals surface area contributed by atoms with Crippen LogP contribution in [0, 0.1) is 5.82 Å². The molecule has 3 nitrogen and oxygen atoms in total. The zero-order valence-electron chi connectivity index (χ0n) is 10.5. The highest BCUT2D eigenvalue weighted by molar-refractivity contribution is 5.29. The van der Waals surface area contributed by atoms with Gasteiger partial charge in [0, 0.05) is 18.2 Å². The molecule has 0 saturated carbocycles. The fraction of sp³-hybridized carbons (Fsp3) is 0.200. The molecule has 0 fully saturated rings. The van der Waals surface area contributed by atoms with Crippen LogP contribution >= 0.6 is 0 Å². The Morgan fingerprint density at radius 2 is 1.74 bits per heavy atom. The highest BCUT2D eigenvalue weighted by Gasteiger charge is 2.03. The first-order valence-electron chi connectivity index (χ1n) is 6.03. The molecule has 0 amide bonds. The van der Waals surface area contributed by atoms with E-state index >= 15 is 0 Å². The number of halogens is 1. The summed E-state index contributed by atoms with van der Waals surface area (Å²) in [6, 6.07) is 12.1. The predicted octanol–water partition coefficient (Wildman–Crippen LogP) is 2.36. The maximum atomic E-state index is 13.5. The lowest BCUT2D eigenvalue weighted by atomic mass is 10.1. The van der Waals surface area contributed by atoms with Gasteiger partial charge in [0.2, 0.25) is 0 Å². The summed E-state index contributed by atoms with van der Waals surface area (Å²) in [5.41, 5.74) is 7.67. The zero-order valence-corrected chi connectivity index (χ0v) is 10.5.